The molecule has 1 amide bonds. The highest BCUT2D eigenvalue weighted by Crippen LogP contribution is 2.31. The monoisotopic (exact) mass is 426 g/mol. The minimum Gasteiger partial charge on any atom is -0.301 e. The fourth-order valence-electron chi connectivity index (χ4n) is 2.96. The van der Waals surface area contributed by atoms with Gasteiger partial charge in [0.05, 0.1) is 10.6 Å². The molecule has 0 spiro atoms. The summed E-state index contributed by atoms with van der Waals surface area (Å²) in [6, 6.07) is 18.2. The van der Waals surface area contributed by atoms with Crippen molar-refractivity contribution in [1.29, 1.82) is 0 Å². The van der Waals surface area contributed by atoms with Crippen LogP contribution in [0.3, 0.4) is 0 Å². The van der Waals surface area contributed by atoms with Crippen molar-refractivity contribution >= 4 is 43.0 Å². The normalized spacial score (nSPS) is 11.5. The molecule has 1 aromatic heterocycles. The van der Waals surface area contributed by atoms with E-state index in [1.165, 1.54) is 11.3 Å². The second-order valence-electron chi connectivity index (χ2n) is 6.33. The number of nitrogens with one attached hydrogen (secondary N) is 1. The third kappa shape index (κ3) is 4.18. The Kier molecular flexibility index (Phi) is 5.12. The van der Waals surface area contributed by atoms with E-state index in [-0.39, 0.29) is 4.90 Å². The number of halogens is 1. The van der Waals surface area contributed by atoms with E-state index in [9.17, 15) is 17.6 Å². The van der Waals surface area contributed by atoms with E-state index in [1.54, 1.807) is 0 Å². The first-order valence-electron chi connectivity index (χ1n) is 8.64. The molecule has 0 aliphatic carbocycles. The number of hydrogen-bond acceptors (Lipinski definition) is 5. The molecule has 0 aliphatic rings. The molecule has 146 valence electrons. The Morgan fingerprint density at radius 1 is 1.00 bits per heavy atom. The standard InChI is InChI=1S/C21H15FN2O3S2/c22-15-8-10-16(11-9-15)29(26,27)13-20(25)24-21-23-19(12-28-21)18-7-3-5-14-4-1-2-6-17(14)18/h1-12H,13H2,(H,23,24,25). The number of benzene rings is 3. The van der Waals surface area contributed by atoms with Gasteiger partial charge in [0.25, 0.3) is 0 Å². The largest absolute Gasteiger partial charge is 0.301 e. The van der Waals surface area contributed by atoms with E-state index >= 15 is 0 Å². The predicted octanol–water partition coefficient (Wildman–Crippen LogP) is 4.51. The molecule has 29 heavy (non-hydrogen) atoms. The van der Waals surface area contributed by atoms with Gasteiger partial charge >= 0.3 is 0 Å². The number of fused-ring (bicyclic) bond motifs is 1. The molecule has 4 rings (SSSR count). The highest BCUT2D eigenvalue weighted by molar-refractivity contribution is 7.92. The number of thiazole rings is 1. The summed E-state index contributed by atoms with van der Waals surface area (Å²) in [7, 11) is -3.87. The minimum absolute atomic E-state index is 0.107. The van der Waals surface area contributed by atoms with E-state index in [0.29, 0.717) is 10.8 Å². The van der Waals surface area contributed by atoms with Crippen molar-refractivity contribution < 1.29 is 17.6 Å². The fourth-order valence-corrected chi connectivity index (χ4v) is 4.82. The molecule has 1 heterocycles. The molecule has 1 N–H and O–H groups in total. The zero-order valence-corrected chi connectivity index (χ0v) is 16.6. The first-order valence-corrected chi connectivity index (χ1v) is 11.2. The van der Waals surface area contributed by atoms with Gasteiger partial charge in [0, 0.05) is 10.9 Å². The Morgan fingerprint density at radius 3 is 2.52 bits per heavy atom. The number of rotatable bonds is 5. The summed E-state index contributed by atoms with van der Waals surface area (Å²) < 4.78 is 37.6. The average Bonchev–Trinajstić information content (AvgIpc) is 3.15. The number of aromatic nitrogens is 1. The van der Waals surface area contributed by atoms with E-state index in [2.05, 4.69) is 10.3 Å². The molecule has 0 atom stereocenters. The molecule has 0 aliphatic heterocycles. The van der Waals surface area contributed by atoms with E-state index in [0.717, 1.165) is 40.6 Å². The Labute approximate surface area is 170 Å². The Bertz CT molecular complexity index is 1290. The quantitative estimate of drug-likeness (QED) is 0.476. The molecule has 0 saturated heterocycles. The van der Waals surface area contributed by atoms with Crippen LogP contribution in [-0.2, 0) is 14.6 Å². The van der Waals surface area contributed by atoms with Crippen molar-refractivity contribution in [3.63, 3.8) is 0 Å². The van der Waals surface area contributed by atoms with Gasteiger partial charge in [-0.05, 0) is 35.0 Å². The second-order valence-corrected chi connectivity index (χ2v) is 9.17. The van der Waals surface area contributed by atoms with E-state index in [4.69, 9.17) is 0 Å². The van der Waals surface area contributed by atoms with E-state index < -0.39 is 27.3 Å². The van der Waals surface area contributed by atoms with Crippen molar-refractivity contribution in [2.24, 2.45) is 0 Å². The Balaban J connectivity index is 1.52. The number of carbonyl (C=O) groups is 1. The van der Waals surface area contributed by atoms with Gasteiger partial charge in [-0.1, -0.05) is 42.5 Å². The number of carbonyl (C=O) groups excluding carboxylic acids is 1. The van der Waals surface area contributed by atoms with Crippen LogP contribution < -0.4 is 5.32 Å². The van der Waals surface area contributed by atoms with Crippen LogP contribution in [0.1, 0.15) is 0 Å². The van der Waals surface area contributed by atoms with Crippen LogP contribution in [0.4, 0.5) is 9.52 Å². The lowest BCUT2D eigenvalue weighted by atomic mass is 10.0. The van der Waals surface area contributed by atoms with Crippen LogP contribution in [0.25, 0.3) is 22.0 Å². The third-order valence-electron chi connectivity index (χ3n) is 4.31. The molecule has 0 unspecified atom stereocenters. The van der Waals surface area contributed by atoms with Crippen LogP contribution in [0.2, 0.25) is 0 Å². The smallest absolute Gasteiger partial charge is 0.241 e. The summed E-state index contributed by atoms with van der Waals surface area (Å²) in [5, 5.41) is 6.77. The summed E-state index contributed by atoms with van der Waals surface area (Å²) >= 11 is 1.22. The van der Waals surface area contributed by atoms with Crippen LogP contribution in [0.5, 0.6) is 0 Å². The van der Waals surface area contributed by atoms with Crippen molar-refractivity contribution in [3.8, 4) is 11.3 Å². The zero-order valence-electron chi connectivity index (χ0n) is 15.0. The lowest BCUT2D eigenvalue weighted by molar-refractivity contribution is -0.113. The molecule has 0 bridgehead atoms. The number of amides is 1. The predicted molar refractivity (Wildman–Crippen MR) is 112 cm³/mol. The summed E-state index contributed by atoms with van der Waals surface area (Å²) in [5.74, 6) is -1.99. The maximum absolute atomic E-state index is 13.0. The molecule has 0 radical (unpaired) electrons. The molecule has 3 aromatic carbocycles. The lowest BCUT2D eigenvalue weighted by Crippen LogP contribution is -2.23. The van der Waals surface area contributed by atoms with Crippen LogP contribution in [-0.4, -0.2) is 25.1 Å². The van der Waals surface area contributed by atoms with Crippen molar-refractivity contribution in [2.75, 3.05) is 11.1 Å². The van der Waals surface area contributed by atoms with Crippen LogP contribution in [0, 0.1) is 5.82 Å². The van der Waals surface area contributed by atoms with Gasteiger partial charge in [0.1, 0.15) is 11.6 Å². The van der Waals surface area contributed by atoms with Gasteiger partial charge in [-0.3, -0.25) is 4.79 Å². The fraction of sp³-hybridized carbons (Fsp3) is 0.0476. The maximum atomic E-state index is 13.0. The summed E-state index contributed by atoms with van der Waals surface area (Å²) in [6.45, 7) is 0. The van der Waals surface area contributed by atoms with Gasteiger partial charge in [-0.15, -0.1) is 11.3 Å². The molecule has 8 heteroatoms. The average molecular weight is 426 g/mol. The maximum Gasteiger partial charge on any atom is 0.241 e. The number of nitrogens with zero attached hydrogens (tertiary/aromatic N) is 1. The first kappa shape index (κ1) is 19.2. The highest BCUT2D eigenvalue weighted by Gasteiger charge is 2.20. The summed E-state index contributed by atoms with van der Waals surface area (Å²) in [4.78, 5) is 16.5. The van der Waals surface area contributed by atoms with Crippen molar-refractivity contribution in [3.05, 3.63) is 77.9 Å². The van der Waals surface area contributed by atoms with Gasteiger partial charge in [0.2, 0.25) is 5.91 Å². The van der Waals surface area contributed by atoms with Crippen molar-refractivity contribution in [1.82, 2.24) is 4.98 Å². The summed E-state index contributed by atoms with van der Waals surface area (Å²) in [5.41, 5.74) is 1.63. The van der Waals surface area contributed by atoms with E-state index in [1.807, 2.05) is 47.8 Å². The molecule has 4 aromatic rings. The molecular formula is C21H15FN2O3S2. The number of sulfone groups is 1. The lowest BCUT2D eigenvalue weighted by Gasteiger charge is -2.05. The van der Waals surface area contributed by atoms with Gasteiger partial charge in [0.15, 0.2) is 15.0 Å². The van der Waals surface area contributed by atoms with Crippen molar-refractivity contribution in [2.45, 2.75) is 4.90 Å². The van der Waals surface area contributed by atoms with Crippen LogP contribution >= 0.6 is 11.3 Å². The van der Waals surface area contributed by atoms with Gasteiger partial charge < -0.3 is 5.32 Å². The third-order valence-corrected chi connectivity index (χ3v) is 6.70. The van der Waals surface area contributed by atoms with Gasteiger partial charge in [-0.25, -0.2) is 17.8 Å². The summed E-state index contributed by atoms with van der Waals surface area (Å²) in [6.07, 6.45) is 0. The SMILES string of the molecule is O=C(CS(=O)(=O)c1ccc(F)cc1)Nc1nc(-c2cccc3ccccc23)cs1. The Morgan fingerprint density at radius 2 is 1.72 bits per heavy atom. The highest BCUT2D eigenvalue weighted by atomic mass is 32.2. The topological polar surface area (TPSA) is 76.1 Å². The molecular weight excluding hydrogens is 411 g/mol. The van der Waals surface area contributed by atoms with Crippen LogP contribution in [0.15, 0.2) is 77.0 Å². The molecule has 5 nitrogen and oxygen atoms in total. The zero-order chi connectivity index (χ0) is 20.4. The number of hydrogen-bond donors (Lipinski definition) is 1. The Hall–Kier alpha value is -3.10. The minimum atomic E-state index is -3.87. The number of anilines is 1. The van der Waals surface area contributed by atoms with Gasteiger partial charge in [-0.2, -0.15) is 0 Å². The molecule has 0 fully saturated rings. The second kappa shape index (κ2) is 7.73. The first-order chi connectivity index (χ1) is 13.9. The molecule has 0 saturated carbocycles.